The first-order valence-electron chi connectivity index (χ1n) is 10.9. The molecule has 2 unspecified atom stereocenters. The lowest BCUT2D eigenvalue weighted by Crippen LogP contribution is -2.52. The van der Waals surface area contributed by atoms with Crippen molar-refractivity contribution in [2.24, 2.45) is 5.73 Å². The quantitative estimate of drug-likeness (QED) is 0.623. The third-order valence-corrected chi connectivity index (χ3v) is 6.17. The highest BCUT2D eigenvalue weighted by Gasteiger charge is 2.35. The van der Waals surface area contributed by atoms with E-state index in [0.717, 1.165) is 18.9 Å². The molecule has 0 aliphatic carbocycles. The summed E-state index contributed by atoms with van der Waals surface area (Å²) in [5, 5.41) is 14.2. The van der Waals surface area contributed by atoms with Crippen LogP contribution in [0.25, 0.3) is 0 Å². The zero-order chi connectivity index (χ0) is 22.6. The average Bonchev–Trinajstić information content (AvgIpc) is 2.71. The number of hydrogen-bond acceptors (Lipinski definition) is 4. The van der Waals surface area contributed by atoms with Gasteiger partial charge in [-0.15, -0.1) is 0 Å². The SMILES string of the molecule is CC(C)(C)c1cccc(C2(NCC(O)C(N)Cc3cc(F)cc(F)c3)CCOCC2)c1. The fraction of sp³-hybridized carbons (Fsp3) is 0.520. The topological polar surface area (TPSA) is 67.5 Å². The minimum Gasteiger partial charge on any atom is -0.390 e. The molecule has 0 aromatic heterocycles. The highest BCUT2D eigenvalue weighted by Crippen LogP contribution is 2.34. The Morgan fingerprint density at radius 1 is 1.10 bits per heavy atom. The summed E-state index contributed by atoms with van der Waals surface area (Å²) in [7, 11) is 0. The first-order chi connectivity index (χ1) is 14.6. The lowest BCUT2D eigenvalue weighted by molar-refractivity contribution is 0.0281. The molecular weight excluding hydrogens is 398 g/mol. The summed E-state index contributed by atoms with van der Waals surface area (Å²) in [5.74, 6) is -1.29. The number of nitrogens with one attached hydrogen (secondary N) is 1. The Kier molecular flexibility index (Phi) is 7.47. The normalized spacial score (nSPS) is 18.5. The molecule has 2 atom stereocenters. The van der Waals surface area contributed by atoms with Crippen molar-refractivity contribution in [3.05, 3.63) is 70.8 Å². The van der Waals surface area contributed by atoms with E-state index in [1.165, 1.54) is 23.3 Å². The van der Waals surface area contributed by atoms with E-state index in [1.807, 2.05) is 0 Å². The molecule has 0 spiro atoms. The van der Waals surface area contributed by atoms with E-state index in [4.69, 9.17) is 10.5 Å². The van der Waals surface area contributed by atoms with Crippen LogP contribution in [0, 0.1) is 11.6 Å². The number of hydrogen-bond donors (Lipinski definition) is 3. The van der Waals surface area contributed by atoms with Gasteiger partial charge in [0.2, 0.25) is 0 Å². The lowest BCUT2D eigenvalue weighted by Gasteiger charge is -2.40. The predicted octanol–water partition coefficient (Wildman–Crippen LogP) is 3.79. The fourth-order valence-corrected chi connectivity index (χ4v) is 4.16. The standard InChI is InChI=1S/C25H34F2N2O2/c1-24(2,3)18-5-4-6-19(14-18)25(7-9-31-10-8-25)29-16-23(30)22(28)13-17-11-20(26)15-21(27)12-17/h4-6,11-12,14-15,22-23,29-30H,7-10,13,16,28H2,1-3H3. The molecule has 0 radical (unpaired) electrons. The summed E-state index contributed by atoms with van der Waals surface area (Å²) in [6.07, 6.45) is 0.902. The second-order valence-corrected chi connectivity index (χ2v) is 9.62. The smallest absolute Gasteiger partial charge is 0.126 e. The first-order valence-corrected chi connectivity index (χ1v) is 10.9. The molecule has 1 aliphatic heterocycles. The van der Waals surface area contributed by atoms with Crippen molar-refractivity contribution in [1.82, 2.24) is 5.32 Å². The number of rotatable bonds is 7. The van der Waals surface area contributed by atoms with Gasteiger partial charge in [-0.3, -0.25) is 0 Å². The minimum atomic E-state index is -0.864. The van der Waals surface area contributed by atoms with Crippen LogP contribution >= 0.6 is 0 Å². The van der Waals surface area contributed by atoms with E-state index >= 15 is 0 Å². The highest BCUT2D eigenvalue weighted by molar-refractivity contribution is 5.34. The van der Waals surface area contributed by atoms with Crippen molar-refractivity contribution in [2.75, 3.05) is 19.8 Å². The fourth-order valence-electron chi connectivity index (χ4n) is 4.16. The number of ether oxygens (including phenoxy) is 1. The van der Waals surface area contributed by atoms with Crippen molar-refractivity contribution in [2.45, 2.75) is 63.1 Å². The van der Waals surface area contributed by atoms with Gasteiger partial charge in [0.15, 0.2) is 0 Å². The molecule has 0 saturated carbocycles. The van der Waals surface area contributed by atoms with Gasteiger partial charge in [-0.2, -0.15) is 0 Å². The van der Waals surface area contributed by atoms with Crippen LogP contribution in [0.15, 0.2) is 42.5 Å². The van der Waals surface area contributed by atoms with Crippen LogP contribution in [-0.2, 0) is 22.1 Å². The predicted molar refractivity (Wildman–Crippen MR) is 119 cm³/mol. The maximum atomic E-state index is 13.5. The van der Waals surface area contributed by atoms with Crippen LogP contribution in [0.4, 0.5) is 8.78 Å². The summed E-state index contributed by atoms with van der Waals surface area (Å²) >= 11 is 0. The summed E-state index contributed by atoms with van der Waals surface area (Å²) < 4.78 is 32.5. The average molecular weight is 433 g/mol. The van der Waals surface area contributed by atoms with E-state index in [1.54, 1.807) is 0 Å². The minimum absolute atomic E-state index is 0.0322. The molecule has 31 heavy (non-hydrogen) atoms. The Labute approximate surface area is 183 Å². The highest BCUT2D eigenvalue weighted by atomic mass is 19.1. The van der Waals surface area contributed by atoms with Crippen LogP contribution in [0.5, 0.6) is 0 Å². The van der Waals surface area contributed by atoms with E-state index in [2.05, 4.69) is 50.4 Å². The zero-order valence-electron chi connectivity index (χ0n) is 18.6. The Hall–Kier alpha value is -1.86. The van der Waals surface area contributed by atoms with Crippen molar-refractivity contribution < 1.29 is 18.6 Å². The van der Waals surface area contributed by atoms with Crippen LogP contribution in [0.2, 0.25) is 0 Å². The molecule has 4 N–H and O–H groups in total. The van der Waals surface area contributed by atoms with Crippen LogP contribution in [-0.4, -0.2) is 37.0 Å². The summed E-state index contributed by atoms with van der Waals surface area (Å²) in [6, 6.07) is 11.3. The van der Waals surface area contributed by atoms with Gasteiger partial charge in [0.05, 0.1) is 6.10 Å². The molecule has 2 aromatic carbocycles. The number of aliphatic hydroxyl groups is 1. The molecule has 170 valence electrons. The molecule has 1 heterocycles. The summed E-state index contributed by atoms with van der Waals surface area (Å²) in [4.78, 5) is 0. The second-order valence-electron chi connectivity index (χ2n) is 9.62. The zero-order valence-corrected chi connectivity index (χ0v) is 18.6. The van der Waals surface area contributed by atoms with Crippen LogP contribution in [0.3, 0.4) is 0 Å². The van der Waals surface area contributed by atoms with Gasteiger partial charge in [-0.05, 0) is 53.5 Å². The molecule has 6 heteroatoms. The second kappa shape index (κ2) is 9.74. The summed E-state index contributed by atoms with van der Waals surface area (Å²) in [6.45, 7) is 8.12. The van der Waals surface area contributed by atoms with Gasteiger partial charge in [-0.25, -0.2) is 8.78 Å². The van der Waals surface area contributed by atoms with Gasteiger partial charge >= 0.3 is 0 Å². The maximum absolute atomic E-state index is 13.5. The molecule has 1 aliphatic rings. The molecule has 0 amide bonds. The van der Waals surface area contributed by atoms with Gasteiger partial charge in [0.25, 0.3) is 0 Å². The molecule has 0 bridgehead atoms. The number of halogens is 2. The largest absolute Gasteiger partial charge is 0.390 e. The van der Waals surface area contributed by atoms with Crippen molar-refractivity contribution in [3.8, 4) is 0 Å². The lowest BCUT2D eigenvalue weighted by atomic mass is 9.78. The maximum Gasteiger partial charge on any atom is 0.126 e. The Bertz CT molecular complexity index is 856. The molecule has 1 fully saturated rings. The van der Waals surface area contributed by atoms with Gasteiger partial charge in [-0.1, -0.05) is 45.0 Å². The molecular formula is C25H34F2N2O2. The van der Waals surface area contributed by atoms with Gasteiger partial charge in [0, 0.05) is 37.4 Å². The monoisotopic (exact) mass is 432 g/mol. The van der Waals surface area contributed by atoms with E-state index in [9.17, 15) is 13.9 Å². The third-order valence-electron chi connectivity index (χ3n) is 6.17. The molecule has 2 aromatic rings. The molecule has 1 saturated heterocycles. The van der Waals surface area contributed by atoms with E-state index in [0.29, 0.717) is 18.8 Å². The Balaban J connectivity index is 1.72. The third kappa shape index (κ3) is 6.10. The summed E-state index contributed by atoms with van der Waals surface area (Å²) in [5.41, 5.74) is 8.75. The Morgan fingerprint density at radius 2 is 1.74 bits per heavy atom. The number of aliphatic hydroxyl groups excluding tert-OH is 1. The van der Waals surface area contributed by atoms with Crippen LogP contribution < -0.4 is 11.1 Å². The van der Waals surface area contributed by atoms with Crippen molar-refractivity contribution in [1.29, 1.82) is 0 Å². The van der Waals surface area contributed by atoms with Gasteiger partial charge in [0.1, 0.15) is 11.6 Å². The van der Waals surface area contributed by atoms with Crippen LogP contribution in [0.1, 0.15) is 50.3 Å². The van der Waals surface area contributed by atoms with Crippen molar-refractivity contribution >= 4 is 0 Å². The van der Waals surface area contributed by atoms with Gasteiger partial charge < -0.3 is 20.9 Å². The number of benzene rings is 2. The molecule has 4 nitrogen and oxygen atoms in total. The molecule has 3 rings (SSSR count). The number of nitrogens with two attached hydrogens (primary N) is 1. The van der Waals surface area contributed by atoms with E-state index < -0.39 is 23.8 Å². The van der Waals surface area contributed by atoms with E-state index in [-0.39, 0.29) is 23.9 Å². The van der Waals surface area contributed by atoms with Crippen molar-refractivity contribution in [3.63, 3.8) is 0 Å². The first kappa shape index (κ1) is 23.8. The Morgan fingerprint density at radius 3 is 2.35 bits per heavy atom.